The lowest BCUT2D eigenvalue weighted by Gasteiger charge is -2.33. The molecule has 0 heterocycles. The highest BCUT2D eigenvalue weighted by Gasteiger charge is 2.32. The van der Waals surface area contributed by atoms with Crippen LogP contribution in [0.2, 0.25) is 0 Å². The van der Waals surface area contributed by atoms with Gasteiger partial charge in [-0.15, -0.1) is 0 Å². The summed E-state index contributed by atoms with van der Waals surface area (Å²) in [6.07, 6.45) is 3.76. The fraction of sp³-hybridized carbons (Fsp3) is 1.00. The van der Waals surface area contributed by atoms with Crippen LogP contribution >= 0.6 is 0 Å². The van der Waals surface area contributed by atoms with Crippen LogP contribution in [-0.4, -0.2) is 48.3 Å². The van der Waals surface area contributed by atoms with Gasteiger partial charge in [-0.3, -0.25) is 0 Å². The maximum atomic E-state index is 9.50. The number of aliphatic hydroxyl groups excluding tert-OH is 1. The zero-order valence-electron chi connectivity index (χ0n) is 11.3. The Hall–Kier alpha value is -0.120. The van der Waals surface area contributed by atoms with Gasteiger partial charge in [0.1, 0.15) is 0 Å². The average molecular weight is 228 g/mol. The molecular formula is C13H28N2O. The molecule has 0 radical (unpaired) electrons. The van der Waals surface area contributed by atoms with Crippen LogP contribution in [0.3, 0.4) is 0 Å². The smallest absolute Gasteiger partial charge is 0.0623 e. The molecule has 3 heteroatoms. The first-order valence-corrected chi connectivity index (χ1v) is 6.52. The number of hydrogen-bond acceptors (Lipinski definition) is 3. The van der Waals surface area contributed by atoms with Crippen molar-refractivity contribution in [3.05, 3.63) is 0 Å². The molecule has 1 fully saturated rings. The van der Waals surface area contributed by atoms with Crippen LogP contribution < -0.4 is 5.32 Å². The predicted molar refractivity (Wildman–Crippen MR) is 68.6 cm³/mol. The Bertz CT molecular complexity index is 204. The molecule has 3 nitrogen and oxygen atoms in total. The van der Waals surface area contributed by atoms with E-state index in [-0.39, 0.29) is 12.1 Å². The molecule has 0 amide bonds. The molecule has 0 aromatic heterocycles. The number of aliphatic hydroxyl groups is 1. The molecule has 1 unspecified atom stereocenters. The van der Waals surface area contributed by atoms with Crippen molar-refractivity contribution in [1.29, 1.82) is 0 Å². The van der Waals surface area contributed by atoms with Gasteiger partial charge in [0.25, 0.3) is 0 Å². The fourth-order valence-corrected chi connectivity index (χ4v) is 2.02. The van der Waals surface area contributed by atoms with Crippen LogP contribution in [-0.2, 0) is 0 Å². The van der Waals surface area contributed by atoms with Gasteiger partial charge >= 0.3 is 0 Å². The Morgan fingerprint density at radius 2 is 2.06 bits per heavy atom. The summed E-state index contributed by atoms with van der Waals surface area (Å²) in [5.41, 5.74) is -0.132. The molecule has 16 heavy (non-hydrogen) atoms. The lowest BCUT2D eigenvalue weighted by Crippen LogP contribution is -2.54. The van der Waals surface area contributed by atoms with Crippen molar-refractivity contribution in [3.8, 4) is 0 Å². The molecule has 0 saturated heterocycles. The zero-order chi connectivity index (χ0) is 12.2. The van der Waals surface area contributed by atoms with Gasteiger partial charge in [-0.1, -0.05) is 13.8 Å². The highest BCUT2D eigenvalue weighted by molar-refractivity contribution is 4.93. The lowest BCUT2D eigenvalue weighted by molar-refractivity contribution is 0.128. The molecule has 1 aliphatic rings. The number of rotatable bonds is 8. The maximum Gasteiger partial charge on any atom is 0.0623 e. The topological polar surface area (TPSA) is 35.5 Å². The summed E-state index contributed by atoms with van der Waals surface area (Å²) in [7, 11) is 2.14. The van der Waals surface area contributed by atoms with Crippen LogP contribution in [0, 0.1) is 5.92 Å². The molecule has 1 saturated carbocycles. The van der Waals surface area contributed by atoms with Gasteiger partial charge in [-0.05, 0) is 45.7 Å². The van der Waals surface area contributed by atoms with Gasteiger partial charge in [-0.2, -0.15) is 0 Å². The second-order valence-electron chi connectivity index (χ2n) is 6.06. The van der Waals surface area contributed by atoms with Gasteiger partial charge in [-0.25, -0.2) is 0 Å². The standard InChI is InChI=1S/C13H28N2O/c1-11(2)7-8-15(4)9-13(3,10-16)14-12-5-6-12/h11-12,14,16H,5-10H2,1-4H3. The number of nitrogens with one attached hydrogen (secondary N) is 1. The van der Waals surface area contributed by atoms with E-state index in [0.29, 0.717) is 6.04 Å². The minimum absolute atomic E-state index is 0.132. The summed E-state index contributed by atoms with van der Waals surface area (Å²) in [5, 5.41) is 13.0. The van der Waals surface area contributed by atoms with E-state index in [9.17, 15) is 5.11 Å². The molecular weight excluding hydrogens is 200 g/mol. The molecule has 96 valence electrons. The Morgan fingerprint density at radius 1 is 1.44 bits per heavy atom. The Labute approximate surface area is 100 Å². The Morgan fingerprint density at radius 3 is 2.50 bits per heavy atom. The second kappa shape index (κ2) is 5.99. The maximum absolute atomic E-state index is 9.50. The quantitative estimate of drug-likeness (QED) is 0.660. The predicted octanol–water partition coefficient (Wildman–Crippen LogP) is 1.47. The largest absolute Gasteiger partial charge is 0.394 e. The van der Waals surface area contributed by atoms with E-state index in [1.165, 1.54) is 19.3 Å². The third kappa shape index (κ3) is 5.28. The molecule has 0 aromatic rings. The van der Waals surface area contributed by atoms with Gasteiger partial charge in [0.15, 0.2) is 0 Å². The lowest BCUT2D eigenvalue weighted by atomic mass is 10.0. The van der Waals surface area contributed by atoms with Crippen LogP contribution in [0.4, 0.5) is 0 Å². The summed E-state index contributed by atoms with van der Waals surface area (Å²) < 4.78 is 0. The highest BCUT2D eigenvalue weighted by atomic mass is 16.3. The van der Waals surface area contributed by atoms with Crippen molar-refractivity contribution in [1.82, 2.24) is 10.2 Å². The van der Waals surface area contributed by atoms with E-state index in [2.05, 4.69) is 38.0 Å². The number of nitrogens with zero attached hydrogens (tertiary/aromatic N) is 1. The number of hydrogen-bond donors (Lipinski definition) is 2. The van der Waals surface area contributed by atoms with Gasteiger partial charge in [0, 0.05) is 12.6 Å². The molecule has 2 N–H and O–H groups in total. The van der Waals surface area contributed by atoms with Crippen molar-refractivity contribution in [3.63, 3.8) is 0 Å². The van der Waals surface area contributed by atoms with Crippen molar-refractivity contribution < 1.29 is 5.11 Å². The average Bonchev–Trinajstić information content (AvgIpc) is 2.98. The van der Waals surface area contributed by atoms with Crippen molar-refractivity contribution in [2.75, 3.05) is 26.7 Å². The summed E-state index contributed by atoms with van der Waals surface area (Å²) in [4.78, 5) is 2.33. The third-order valence-corrected chi connectivity index (χ3v) is 3.19. The summed E-state index contributed by atoms with van der Waals surface area (Å²) in [6, 6.07) is 0.649. The van der Waals surface area contributed by atoms with Gasteiger partial charge in [0.2, 0.25) is 0 Å². The normalized spacial score (nSPS) is 20.4. The van der Waals surface area contributed by atoms with Crippen LogP contribution in [0.15, 0.2) is 0 Å². The third-order valence-electron chi connectivity index (χ3n) is 3.19. The summed E-state index contributed by atoms with van der Waals surface area (Å²) in [6.45, 7) is 8.88. The molecule has 0 bridgehead atoms. The second-order valence-corrected chi connectivity index (χ2v) is 6.06. The molecule has 0 aromatic carbocycles. The summed E-state index contributed by atoms with van der Waals surface area (Å²) >= 11 is 0. The Kier molecular flexibility index (Phi) is 5.22. The molecule has 1 atom stereocenters. The van der Waals surface area contributed by atoms with Gasteiger partial charge in [0.05, 0.1) is 12.1 Å². The van der Waals surface area contributed by atoms with Gasteiger partial charge < -0.3 is 15.3 Å². The van der Waals surface area contributed by atoms with E-state index < -0.39 is 0 Å². The van der Waals surface area contributed by atoms with Crippen LogP contribution in [0.25, 0.3) is 0 Å². The first-order chi connectivity index (χ1) is 7.45. The molecule has 0 aliphatic heterocycles. The van der Waals surface area contributed by atoms with E-state index in [4.69, 9.17) is 0 Å². The fourth-order valence-electron chi connectivity index (χ4n) is 2.02. The van der Waals surface area contributed by atoms with E-state index in [1.807, 2.05) is 0 Å². The molecule has 1 aliphatic carbocycles. The van der Waals surface area contributed by atoms with Crippen molar-refractivity contribution >= 4 is 0 Å². The minimum Gasteiger partial charge on any atom is -0.394 e. The minimum atomic E-state index is -0.132. The van der Waals surface area contributed by atoms with Crippen molar-refractivity contribution in [2.45, 2.75) is 51.6 Å². The highest BCUT2D eigenvalue weighted by Crippen LogP contribution is 2.22. The molecule has 1 rings (SSSR count). The van der Waals surface area contributed by atoms with Crippen LogP contribution in [0.5, 0.6) is 0 Å². The molecule has 0 spiro atoms. The van der Waals surface area contributed by atoms with Crippen LogP contribution in [0.1, 0.15) is 40.0 Å². The zero-order valence-corrected chi connectivity index (χ0v) is 11.3. The first kappa shape index (κ1) is 13.9. The van der Waals surface area contributed by atoms with E-state index in [0.717, 1.165) is 19.0 Å². The van der Waals surface area contributed by atoms with Crippen molar-refractivity contribution in [2.24, 2.45) is 5.92 Å². The summed E-state index contributed by atoms with van der Waals surface area (Å²) in [5.74, 6) is 0.749. The van der Waals surface area contributed by atoms with E-state index in [1.54, 1.807) is 0 Å². The first-order valence-electron chi connectivity index (χ1n) is 6.52. The SMILES string of the molecule is CC(C)CCN(C)CC(C)(CO)NC1CC1. The monoisotopic (exact) mass is 228 g/mol. The number of likely N-dealkylation sites (N-methyl/N-ethyl adjacent to an activating group) is 1. The van der Waals surface area contributed by atoms with E-state index >= 15 is 0 Å². The Balaban J connectivity index is 2.29.